The van der Waals surface area contributed by atoms with Gasteiger partial charge in [0.1, 0.15) is 6.29 Å². The summed E-state index contributed by atoms with van der Waals surface area (Å²) in [4.78, 5) is 0. The van der Waals surface area contributed by atoms with Crippen molar-refractivity contribution in [1.29, 1.82) is 0 Å². The van der Waals surface area contributed by atoms with Crippen molar-refractivity contribution in [1.82, 2.24) is 0 Å². The minimum absolute atomic E-state index is 0.0179. The predicted molar refractivity (Wildman–Crippen MR) is 88.5 cm³/mol. The van der Waals surface area contributed by atoms with Crippen molar-refractivity contribution in [2.45, 2.75) is 59.1 Å². The molecule has 0 heterocycles. The second-order valence-electron chi connectivity index (χ2n) is 6.86. The van der Waals surface area contributed by atoms with Crippen LogP contribution in [0, 0.1) is 5.92 Å². The molecule has 0 aliphatic carbocycles. The fraction of sp³-hybridized carbons (Fsp3) is 0.647. The first-order valence-corrected chi connectivity index (χ1v) is 9.93. The van der Waals surface area contributed by atoms with Gasteiger partial charge in [-0.25, -0.2) is 0 Å². The molecule has 0 aliphatic rings. The van der Waals surface area contributed by atoms with Gasteiger partial charge in [-0.3, -0.25) is 0 Å². The molecule has 1 aromatic rings. The molecule has 119 valence electrons. The van der Waals surface area contributed by atoms with Crippen LogP contribution in [0.15, 0.2) is 24.3 Å². The summed E-state index contributed by atoms with van der Waals surface area (Å²) in [6, 6.07) is 8.49. The van der Waals surface area contributed by atoms with Crippen LogP contribution in [0.1, 0.15) is 38.8 Å². The largest absolute Gasteiger partial charge is 0.393 e. The lowest BCUT2D eigenvalue weighted by Gasteiger charge is -2.22. The minimum Gasteiger partial charge on any atom is -0.393 e. The van der Waals surface area contributed by atoms with Gasteiger partial charge in [0.25, 0.3) is 0 Å². The molecule has 0 aliphatic heterocycles. The van der Waals surface area contributed by atoms with E-state index in [1.807, 2.05) is 20.0 Å². The number of aliphatic hydroxyl groups is 1. The molecular weight excluding hydrogens is 280 g/mol. The van der Waals surface area contributed by atoms with Crippen LogP contribution in [-0.4, -0.2) is 27.0 Å². The Hall–Kier alpha value is -0.683. The Labute approximate surface area is 131 Å². The van der Waals surface area contributed by atoms with Gasteiger partial charge >= 0.3 is 0 Å². The zero-order chi connectivity index (χ0) is 16.0. The number of hydrogen-bond donors (Lipinski definition) is 1. The maximum atomic E-state index is 9.86. The summed E-state index contributed by atoms with van der Waals surface area (Å²) < 4.78 is 11.2. The molecule has 4 heteroatoms. The van der Waals surface area contributed by atoms with Crippen LogP contribution >= 0.6 is 0 Å². The molecule has 0 fully saturated rings. The summed E-state index contributed by atoms with van der Waals surface area (Å²) in [5.74, 6) is -0.0179. The molecule has 0 bridgehead atoms. The SMILES string of the molecule is CC(COCc1cccc(C(C)(C)C)c1)C(O)O[Si](C)C. The zero-order valence-corrected chi connectivity index (χ0v) is 15.1. The standard InChI is InChI=1S/C17H29O3Si/c1-13(16(18)20-21(5)6)11-19-12-14-8-7-9-15(10-14)17(2,3)4/h7-10,13,16,18H,11-12H2,1-6H3. The van der Waals surface area contributed by atoms with E-state index in [0.717, 1.165) is 0 Å². The molecule has 0 saturated heterocycles. The highest BCUT2D eigenvalue weighted by Crippen LogP contribution is 2.23. The van der Waals surface area contributed by atoms with E-state index >= 15 is 0 Å². The third-order valence-electron chi connectivity index (χ3n) is 3.29. The molecule has 21 heavy (non-hydrogen) atoms. The maximum Gasteiger partial charge on any atom is 0.208 e. The van der Waals surface area contributed by atoms with Gasteiger partial charge in [0.05, 0.1) is 13.2 Å². The van der Waals surface area contributed by atoms with E-state index in [9.17, 15) is 5.11 Å². The van der Waals surface area contributed by atoms with Crippen LogP contribution in [0.3, 0.4) is 0 Å². The highest BCUT2D eigenvalue weighted by atomic mass is 28.3. The summed E-state index contributed by atoms with van der Waals surface area (Å²) in [5.41, 5.74) is 2.62. The lowest BCUT2D eigenvalue weighted by atomic mass is 9.86. The number of aliphatic hydroxyl groups excluding tert-OH is 1. The molecule has 1 radical (unpaired) electrons. The Balaban J connectivity index is 2.46. The fourth-order valence-corrected chi connectivity index (χ4v) is 2.65. The van der Waals surface area contributed by atoms with Crippen LogP contribution in [0.5, 0.6) is 0 Å². The number of ether oxygens (including phenoxy) is 1. The third-order valence-corrected chi connectivity index (χ3v) is 4.00. The van der Waals surface area contributed by atoms with Gasteiger partial charge in [-0.1, -0.05) is 52.0 Å². The van der Waals surface area contributed by atoms with E-state index in [0.29, 0.717) is 13.2 Å². The van der Waals surface area contributed by atoms with Crippen molar-refractivity contribution in [2.75, 3.05) is 6.61 Å². The normalized spacial score (nSPS) is 15.2. The smallest absolute Gasteiger partial charge is 0.208 e. The first-order chi connectivity index (χ1) is 9.70. The van der Waals surface area contributed by atoms with E-state index in [4.69, 9.17) is 9.16 Å². The molecule has 1 rings (SSSR count). The number of rotatable bonds is 7. The Morgan fingerprint density at radius 1 is 1.24 bits per heavy atom. The fourth-order valence-electron chi connectivity index (χ4n) is 1.93. The minimum atomic E-state index is -0.882. The van der Waals surface area contributed by atoms with Crippen LogP contribution in [0.2, 0.25) is 13.1 Å². The highest BCUT2D eigenvalue weighted by Gasteiger charge is 2.17. The molecule has 0 spiro atoms. The summed E-state index contributed by atoms with van der Waals surface area (Å²) >= 11 is 0. The van der Waals surface area contributed by atoms with E-state index in [-0.39, 0.29) is 11.3 Å². The van der Waals surface area contributed by atoms with Gasteiger partial charge in [-0.15, -0.1) is 0 Å². The highest BCUT2D eigenvalue weighted by molar-refractivity contribution is 6.48. The van der Waals surface area contributed by atoms with E-state index in [1.165, 1.54) is 11.1 Å². The van der Waals surface area contributed by atoms with Crippen molar-refractivity contribution in [3.05, 3.63) is 35.4 Å². The Kier molecular flexibility index (Phi) is 7.07. The summed E-state index contributed by atoms with van der Waals surface area (Å²) in [6.07, 6.45) is -0.727. The van der Waals surface area contributed by atoms with Crippen molar-refractivity contribution < 1.29 is 14.3 Å². The zero-order valence-electron chi connectivity index (χ0n) is 14.1. The summed E-state index contributed by atoms with van der Waals surface area (Å²) in [5, 5.41) is 9.86. The summed E-state index contributed by atoms with van der Waals surface area (Å²) in [6.45, 7) is 13.7. The monoisotopic (exact) mass is 309 g/mol. The van der Waals surface area contributed by atoms with Crippen LogP contribution in [-0.2, 0) is 21.2 Å². The van der Waals surface area contributed by atoms with Crippen molar-refractivity contribution in [2.24, 2.45) is 5.92 Å². The molecule has 1 N–H and O–H groups in total. The quantitative estimate of drug-likeness (QED) is 0.616. The van der Waals surface area contributed by atoms with Crippen LogP contribution in [0.25, 0.3) is 0 Å². The van der Waals surface area contributed by atoms with Crippen LogP contribution in [0.4, 0.5) is 0 Å². The van der Waals surface area contributed by atoms with Crippen molar-refractivity contribution in [3.63, 3.8) is 0 Å². The van der Waals surface area contributed by atoms with Gasteiger partial charge in [0, 0.05) is 5.92 Å². The van der Waals surface area contributed by atoms with E-state index in [1.54, 1.807) is 0 Å². The predicted octanol–water partition coefficient (Wildman–Crippen LogP) is 3.72. The lowest BCUT2D eigenvalue weighted by Crippen LogP contribution is -2.29. The Bertz CT molecular complexity index is 426. The van der Waals surface area contributed by atoms with Crippen molar-refractivity contribution in [3.8, 4) is 0 Å². The van der Waals surface area contributed by atoms with Gasteiger partial charge in [-0.05, 0) is 29.6 Å². The average Bonchev–Trinajstić information content (AvgIpc) is 2.37. The van der Waals surface area contributed by atoms with E-state index in [2.05, 4.69) is 45.0 Å². The Morgan fingerprint density at radius 2 is 1.90 bits per heavy atom. The van der Waals surface area contributed by atoms with Gasteiger partial charge in [-0.2, -0.15) is 0 Å². The summed E-state index contributed by atoms with van der Waals surface area (Å²) in [7, 11) is -0.882. The molecule has 2 unspecified atom stereocenters. The second-order valence-corrected chi connectivity index (χ2v) is 8.91. The average molecular weight is 310 g/mol. The molecule has 3 nitrogen and oxygen atoms in total. The van der Waals surface area contributed by atoms with Gasteiger partial charge < -0.3 is 14.3 Å². The first kappa shape index (κ1) is 18.4. The van der Waals surface area contributed by atoms with Crippen LogP contribution < -0.4 is 0 Å². The molecule has 0 amide bonds. The molecular formula is C17H29O3Si. The lowest BCUT2D eigenvalue weighted by molar-refractivity contribution is -0.0840. The molecule has 0 saturated carbocycles. The van der Waals surface area contributed by atoms with Gasteiger partial charge in [0.2, 0.25) is 9.04 Å². The Morgan fingerprint density at radius 3 is 2.48 bits per heavy atom. The molecule has 2 atom stereocenters. The molecule has 1 aromatic carbocycles. The van der Waals surface area contributed by atoms with Crippen molar-refractivity contribution >= 4 is 9.04 Å². The third kappa shape index (κ3) is 6.74. The second kappa shape index (κ2) is 8.08. The van der Waals surface area contributed by atoms with Gasteiger partial charge in [0.15, 0.2) is 0 Å². The topological polar surface area (TPSA) is 38.7 Å². The molecule has 0 aromatic heterocycles. The number of hydrogen-bond acceptors (Lipinski definition) is 3. The van der Waals surface area contributed by atoms with E-state index < -0.39 is 15.3 Å². The number of benzene rings is 1. The maximum absolute atomic E-state index is 9.86. The first-order valence-electron chi connectivity index (χ1n) is 7.52.